The Balaban J connectivity index is 1.42. The van der Waals surface area contributed by atoms with E-state index >= 15 is 0 Å². The molecule has 0 bridgehead atoms. The molecule has 2 heteroatoms. The van der Waals surface area contributed by atoms with Crippen LogP contribution in [-0.4, -0.2) is 12.1 Å². The normalized spacial score (nSPS) is 28.6. The van der Waals surface area contributed by atoms with Crippen LogP contribution in [0.1, 0.15) is 62.8 Å². The topological polar surface area (TPSA) is 21.3 Å². The molecule has 0 unspecified atom stereocenters. The summed E-state index contributed by atoms with van der Waals surface area (Å²) in [6.45, 7) is 0. The lowest BCUT2D eigenvalue weighted by Crippen LogP contribution is -2.35. The number of rotatable bonds is 4. The third kappa shape index (κ3) is 3.58. The summed E-state index contributed by atoms with van der Waals surface area (Å²) in [5.41, 5.74) is 4.85. The van der Waals surface area contributed by atoms with Crippen molar-refractivity contribution in [1.29, 1.82) is 0 Å². The van der Waals surface area contributed by atoms with Crippen molar-refractivity contribution in [2.45, 2.75) is 69.4 Å². The molecule has 2 nitrogen and oxygen atoms in total. The summed E-state index contributed by atoms with van der Waals surface area (Å²) in [5, 5.41) is 0. The van der Waals surface area contributed by atoms with Crippen LogP contribution in [0.2, 0.25) is 0 Å². The van der Waals surface area contributed by atoms with Crippen LogP contribution in [0.5, 0.6) is 0 Å². The Morgan fingerprint density at radius 1 is 0.842 bits per heavy atom. The second-order valence-corrected chi connectivity index (χ2v) is 6.10. The Morgan fingerprint density at radius 2 is 1.53 bits per heavy atom. The molecule has 1 aromatic carbocycles. The van der Waals surface area contributed by atoms with Gasteiger partial charge in [-0.05, 0) is 50.0 Å². The molecule has 1 N–H and O–H groups in total. The Bertz CT molecular complexity index is 364. The smallest absolute Gasteiger partial charge is 0.0790 e. The van der Waals surface area contributed by atoms with E-state index in [9.17, 15) is 0 Å². The molecule has 19 heavy (non-hydrogen) atoms. The molecule has 0 aromatic heterocycles. The van der Waals surface area contributed by atoms with E-state index in [-0.39, 0.29) is 0 Å². The SMILES string of the molecule is c1ccc(C2CCC(NOC3CCCC3)CC2)cc1. The van der Waals surface area contributed by atoms with E-state index in [4.69, 9.17) is 4.84 Å². The first-order chi connectivity index (χ1) is 9.42. The maximum absolute atomic E-state index is 5.83. The molecule has 2 saturated carbocycles. The maximum atomic E-state index is 5.83. The van der Waals surface area contributed by atoms with Crippen LogP contribution in [0.25, 0.3) is 0 Å². The van der Waals surface area contributed by atoms with Gasteiger partial charge in [0.25, 0.3) is 0 Å². The van der Waals surface area contributed by atoms with E-state index in [0.29, 0.717) is 12.1 Å². The zero-order chi connectivity index (χ0) is 12.9. The summed E-state index contributed by atoms with van der Waals surface area (Å²) < 4.78 is 0. The molecule has 0 atom stereocenters. The molecule has 0 amide bonds. The van der Waals surface area contributed by atoms with Crippen LogP contribution in [-0.2, 0) is 4.84 Å². The lowest BCUT2D eigenvalue weighted by atomic mass is 9.82. The van der Waals surface area contributed by atoms with Crippen LogP contribution in [0.4, 0.5) is 0 Å². The van der Waals surface area contributed by atoms with E-state index in [1.165, 1.54) is 56.9 Å². The molecule has 0 saturated heterocycles. The van der Waals surface area contributed by atoms with E-state index in [0.717, 1.165) is 5.92 Å². The van der Waals surface area contributed by atoms with Crippen molar-refractivity contribution in [3.63, 3.8) is 0 Å². The fourth-order valence-electron chi connectivity index (χ4n) is 3.47. The molecular formula is C17H25NO. The van der Waals surface area contributed by atoms with Crippen LogP contribution in [0, 0.1) is 0 Å². The highest BCUT2D eigenvalue weighted by molar-refractivity contribution is 5.19. The largest absolute Gasteiger partial charge is 0.298 e. The van der Waals surface area contributed by atoms with Crippen molar-refractivity contribution in [1.82, 2.24) is 5.48 Å². The van der Waals surface area contributed by atoms with Gasteiger partial charge < -0.3 is 0 Å². The van der Waals surface area contributed by atoms with Gasteiger partial charge in [0.1, 0.15) is 0 Å². The third-order valence-electron chi connectivity index (χ3n) is 4.70. The predicted octanol–water partition coefficient (Wildman–Crippen LogP) is 4.18. The summed E-state index contributed by atoms with van der Waals surface area (Å²) in [6.07, 6.45) is 10.7. The molecule has 2 aliphatic rings. The second-order valence-electron chi connectivity index (χ2n) is 6.10. The summed E-state index contributed by atoms with van der Waals surface area (Å²) >= 11 is 0. The zero-order valence-electron chi connectivity index (χ0n) is 11.7. The van der Waals surface area contributed by atoms with Gasteiger partial charge in [0.2, 0.25) is 0 Å². The highest BCUT2D eigenvalue weighted by Crippen LogP contribution is 2.33. The highest BCUT2D eigenvalue weighted by atomic mass is 16.7. The first kappa shape index (κ1) is 13.1. The van der Waals surface area contributed by atoms with Crippen molar-refractivity contribution in [3.8, 4) is 0 Å². The Morgan fingerprint density at radius 3 is 2.21 bits per heavy atom. The first-order valence-corrected chi connectivity index (χ1v) is 7.88. The molecule has 0 heterocycles. The molecule has 0 radical (unpaired) electrons. The maximum Gasteiger partial charge on any atom is 0.0790 e. The van der Waals surface area contributed by atoms with Crippen LogP contribution in [0.15, 0.2) is 30.3 Å². The van der Waals surface area contributed by atoms with Crippen LogP contribution in [0.3, 0.4) is 0 Å². The van der Waals surface area contributed by atoms with Gasteiger partial charge in [0.15, 0.2) is 0 Å². The van der Waals surface area contributed by atoms with Gasteiger partial charge >= 0.3 is 0 Å². The molecule has 0 spiro atoms. The number of hydrogen-bond donors (Lipinski definition) is 1. The second kappa shape index (κ2) is 6.53. The summed E-state index contributed by atoms with van der Waals surface area (Å²) in [5.74, 6) is 0.755. The van der Waals surface area contributed by atoms with Gasteiger partial charge in [0.05, 0.1) is 6.10 Å². The van der Waals surface area contributed by atoms with Gasteiger partial charge in [0, 0.05) is 6.04 Å². The quantitative estimate of drug-likeness (QED) is 0.819. The van der Waals surface area contributed by atoms with Crippen LogP contribution >= 0.6 is 0 Å². The molecule has 104 valence electrons. The molecule has 3 rings (SSSR count). The van der Waals surface area contributed by atoms with Crippen molar-refractivity contribution in [2.24, 2.45) is 0 Å². The minimum absolute atomic E-state index is 0.479. The molecule has 1 aromatic rings. The first-order valence-electron chi connectivity index (χ1n) is 7.88. The summed E-state index contributed by atoms with van der Waals surface area (Å²) in [4.78, 5) is 5.83. The van der Waals surface area contributed by atoms with E-state index < -0.39 is 0 Å². The van der Waals surface area contributed by atoms with E-state index in [1.807, 2.05) is 0 Å². The Labute approximate surface area is 116 Å². The minimum atomic E-state index is 0.479. The number of hydroxylamine groups is 1. The van der Waals surface area contributed by atoms with Crippen molar-refractivity contribution >= 4 is 0 Å². The van der Waals surface area contributed by atoms with Gasteiger partial charge in [-0.3, -0.25) is 4.84 Å². The van der Waals surface area contributed by atoms with Gasteiger partial charge in [-0.25, -0.2) is 0 Å². The van der Waals surface area contributed by atoms with E-state index in [1.54, 1.807) is 0 Å². The van der Waals surface area contributed by atoms with Crippen molar-refractivity contribution in [2.75, 3.05) is 0 Å². The van der Waals surface area contributed by atoms with Gasteiger partial charge in [-0.2, -0.15) is 5.48 Å². The summed E-state index contributed by atoms with van der Waals surface area (Å²) in [7, 11) is 0. The minimum Gasteiger partial charge on any atom is -0.298 e. The van der Waals surface area contributed by atoms with Crippen LogP contribution < -0.4 is 5.48 Å². The molecule has 2 aliphatic carbocycles. The Hall–Kier alpha value is -0.860. The number of benzene rings is 1. The summed E-state index contributed by atoms with van der Waals surface area (Å²) in [6, 6.07) is 11.5. The van der Waals surface area contributed by atoms with Gasteiger partial charge in [-0.15, -0.1) is 0 Å². The lowest BCUT2D eigenvalue weighted by Gasteiger charge is -2.30. The van der Waals surface area contributed by atoms with Crippen molar-refractivity contribution in [3.05, 3.63) is 35.9 Å². The number of nitrogens with one attached hydrogen (secondary N) is 1. The number of hydrogen-bond acceptors (Lipinski definition) is 2. The average molecular weight is 259 g/mol. The average Bonchev–Trinajstić information content (AvgIpc) is 3.00. The fourth-order valence-corrected chi connectivity index (χ4v) is 3.47. The van der Waals surface area contributed by atoms with Gasteiger partial charge in [-0.1, -0.05) is 43.2 Å². The lowest BCUT2D eigenvalue weighted by molar-refractivity contribution is -0.0468. The molecule has 2 fully saturated rings. The third-order valence-corrected chi connectivity index (χ3v) is 4.70. The predicted molar refractivity (Wildman–Crippen MR) is 77.9 cm³/mol. The zero-order valence-corrected chi connectivity index (χ0v) is 11.7. The fraction of sp³-hybridized carbons (Fsp3) is 0.647. The van der Waals surface area contributed by atoms with Crippen molar-refractivity contribution < 1.29 is 4.84 Å². The Kier molecular flexibility index (Phi) is 4.52. The molecular weight excluding hydrogens is 234 g/mol. The highest BCUT2D eigenvalue weighted by Gasteiger charge is 2.23. The standard InChI is InChI=1S/C17H25NO/c1-2-6-14(7-3-1)15-10-12-16(13-11-15)18-19-17-8-4-5-9-17/h1-3,6-7,15-18H,4-5,8-13H2. The van der Waals surface area contributed by atoms with E-state index in [2.05, 4.69) is 35.8 Å². The monoisotopic (exact) mass is 259 g/mol. The molecule has 0 aliphatic heterocycles.